The molecule has 0 spiro atoms. The Morgan fingerprint density at radius 2 is 1.88 bits per heavy atom. The summed E-state index contributed by atoms with van der Waals surface area (Å²) in [6.07, 6.45) is 1.64. The largest absolute Gasteiger partial charge is 0.350 e. The zero-order chi connectivity index (χ0) is 17.1. The average molecular weight is 406 g/mol. The third kappa shape index (κ3) is 3.86. The fourth-order valence-electron chi connectivity index (χ4n) is 2.44. The van der Waals surface area contributed by atoms with Gasteiger partial charge in [0.1, 0.15) is 6.54 Å². The number of carbonyl (C=O) groups excluding carboxylic acids is 1. The second-order valence-electron chi connectivity index (χ2n) is 5.37. The molecule has 1 aromatic heterocycles. The Kier molecular flexibility index (Phi) is 5.02. The van der Waals surface area contributed by atoms with Gasteiger partial charge in [-0.25, -0.2) is 0 Å². The van der Waals surface area contributed by atoms with Crippen molar-refractivity contribution in [2.75, 3.05) is 0 Å². The van der Waals surface area contributed by atoms with E-state index in [1.807, 2.05) is 24.3 Å². The second kappa shape index (κ2) is 7.20. The third-order valence-electron chi connectivity index (χ3n) is 3.66. The number of amides is 1. The summed E-state index contributed by atoms with van der Waals surface area (Å²) in [4.78, 5) is 24.2. The summed E-state index contributed by atoms with van der Waals surface area (Å²) in [6, 6.07) is 14.2. The summed E-state index contributed by atoms with van der Waals surface area (Å²) >= 11 is 9.20. The predicted molar refractivity (Wildman–Crippen MR) is 99.2 cm³/mol. The lowest BCUT2D eigenvalue weighted by atomic mass is 10.2. The molecule has 6 heteroatoms. The fraction of sp³-hybridized carbons (Fsp3) is 0.111. The number of hydrogen-bond donors (Lipinski definition) is 1. The molecule has 2 aromatic carbocycles. The van der Waals surface area contributed by atoms with Gasteiger partial charge in [0.15, 0.2) is 5.43 Å². The molecule has 0 saturated carbocycles. The Balaban J connectivity index is 1.75. The van der Waals surface area contributed by atoms with Gasteiger partial charge in [0.2, 0.25) is 5.91 Å². The topological polar surface area (TPSA) is 51.1 Å². The zero-order valence-electron chi connectivity index (χ0n) is 12.6. The molecular weight excluding hydrogens is 392 g/mol. The Bertz CT molecular complexity index is 951. The Labute approximate surface area is 152 Å². The number of fused-ring (bicyclic) bond motifs is 1. The second-order valence-corrected chi connectivity index (χ2v) is 6.72. The fourth-order valence-corrected chi connectivity index (χ4v) is 2.92. The highest BCUT2D eigenvalue weighted by molar-refractivity contribution is 9.10. The van der Waals surface area contributed by atoms with Gasteiger partial charge in [-0.3, -0.25) is 9.59 Å². The molecule has 1 heterocycles. The van der Waals surface area contributed by atoms with Crippen LogP contribution in [0.3, 0.4) is 0 Å². The van der Waals surface area contributed by atoms with Crippen molar-refractivity contribution in [3.8, 4) is 0 Å². The maximum absolute atomic E-state index is 12.2. The van der Waals surface area contributed by atoms with Crippen molar-refractivity contribution in [2.24, 2.45) is 0 Å². The van der Waals surface area contributed by atoms with Crippen LogP contribution in [0.5, 0.6) is 0 Å². The van der Waals surface area contributed by atoms with Crippen LogP contribution in [0.2, 0.25) is 5.02 Å². The number of rotatable bonds is 4. The minimum atomic E-state index is -0.127. The van der Waals surface area contributed by atoms with Crippen molar-refractivity contribution in [1.82, 2.24) is 9.88 Å². The lowest BCUT2D eigenvalue weighted by Crippen LogP contribution is -2.27. The van der Waals surface area contributed by atoms with E-state index in [1.54, 1.807) is 29.0 Å². The molecule has 0 aliphatic carbocycles. The van der Waals surface area contributed by atoms with E-state index in [1.165, 1.54) is 6.07 Å². The van der Waals surface area contributed by atoms with Crippen LogP contribution in [0.4, 0.5) is 0 Å². The summed E-state index contributed by atoms with van der Waals surface area (Å²) < 4.78 is 2.59. The lowest BCUT2D eigenvalue weighted by Gasteiger charge is -2.11. The van der Waals surface area contributed by atoms with Crippen LogP contribution >= 0.6 is 27.5 Å². The van der Waals surface area contributed by atoms with Crippen LogP contribution in [0.15, 0.2) is 64.0 Å². The van der Waals surface area contributed by atoms with Gasteiger partial charge in [-0.15, -0.1) is 0 Å². The molecule has 1 amide bonds. The summed E-state index contributed by atoms with van der Waals surface area (Å²) in [5, 5.41) is 4.11. The van der Waals surface area contributed by atoms with E-state index in [0.29, 0.717) is 17.0 Å². The summed E-state index contributed by atoms with van der Waals surface area (Å²) in [6.45, 7) is 0.575. The maximum Gasteiger partial charge on any atom is 0.240 e. The lowest BCUT2D eigenvalue weighted by molar-refractivity contribution is -0.121. The third-order valence-corrected chi connectivity index (χ3v) is 4.40. The molecule has 0 radical (unpaired) electrons. The van der Waals surface area contributed by atoms with Gasteiger partial charge >= 0.3 is 0 Å². The number of nitrogens with zero attached hydrogens (tertiary/aromatic N) is 1. The van der Waals surface area contributed by atoms with E-state index in [0.717, 1.165) is 15.6 Å². The van der Waals surface area contributed by atoms with Gasteiger partial charge in [-0.05, 0) is 35.9 Å². The summed E-state index contributed by atoms with van der Waals surface area (Å²) in [7, 11) is 0. The number of hydrogen-bond acceptors (Lipinski definition) is 2. The van der Waals surface area contributed by atoms with Crippen LogP contribution in [0.1, 0.15) is 5.56 Å². The molecule has 0 aliphatic heterocycles. The predicted octanol–water partition coefficient (Wildman–Crippen LogP) is 3.73. The molecule has 0 bridgehead atoms. The van der Waals surface area contributed by atoms with Gasteiger partial charge in [-0.2, -0.15) is 0 Å². The average Bonchev–Trinajstić information content (AvgIpc) is 2.57. The van der Waals surface area contributed by atoms with Crippen LogP contribution < -0.4 is 10.7 Å². The molecule has 0 fully saturated rings. The van der Waals surface area contributed by atoms with Crippen LogP contribution in [0, 0.1) is 0 Å². The van der Waals surface area contributed by atoms with E-state index in [4.69, 9.17) is 11.6 Å². The van der Waals surface area contributed by atoms with Crippen molar-refractivity contribution >= 4 is 44.3 Å². The molecule has 0 saturated heterocycles. The zero-order valence-corrected chi connectivity index (χ0v) is 15.0. The minimum absolute atomic E-state index is 0.0656. The smallest absolute Gasteiger partial charge is 0.240 e. The van der Waals surface area contributed by atoms with Crippen molar-refractivity contribution in [1.29, 1.82) is 0 Å². The maximum atomic E-state index is 12.2. The molecule has 122 valence electrons. The molecule has 0 atom stereocenters. The summed E-state index contributed by atoms with van der Waals surface area (Å²) in [5.41, 5.74) is 1.64. The molecule has 3 aromatic rings. The first-order chi connectivity index (χ1) is 11.5. The first-order valence-corrected chi connectivity index (χ1v) is 8.50. The van der Waals surface area contributed by atoms with E-state index < -0.39 is 0 Å². The van der Waals surface area contributed by atoms with E-state index in [-0.39, 0.29) is 17.9 Å². The molecule has 3 rings (SSSR count). The molecule has 4 nitrogen and oxygen atoms in total. The van der Waals surface area contributed by atoms with Crippen LogP contribution in [-0.4, -0.2) is 10.5 Å². The van der Waals surface area contributed by atoms with E-state index in [9.17, 15) is 9.59 Å². The van der Waals surface area contributed by atoms with Crippen molar-refractivity contribution in [2.45, 2.75) is 13.1 Å². The standard InChI is InChI=1S/C18H14BrClN2O2/c19-13-3-6-16-15(9-13)17(23)7-8-22(16)11-18(24)21-10-12-1-4-14(20)5-2-12/h1-9H,10-11H2,(H,21,24). The minimum Gasteiger partial charge on any atom is -0.350 e. The Morgan fingerprint density at radius 3 is 2.62 bits per heavy atom. The molecular formula is C18H14BrClN2O2. The van der Waals surface area contributed by atoms with Crippen molar-refractivity contribution < 1.29 is 4.79 Å². The Hall–Kier alpha value is -2.11. The summed E-state index contributed by atoms with van der Waals surface area (Å²) in [5.74, 6) is -0.127. The first-order valence-electron chi connectivity index (χ1n) is 7.33. The monoisotopic (exact) mass is 404 g/mol. The highest BCUT2D eigenvalue weighted by Crippen LogP contribution is 2.17. The van der Waals surface area contributed by atoms with Crippen molar-refractivity contribution in [3.63, 3.8) is 0 Å². The van der Waals surface area contributed by atoms with Gasteiger partial charge in [-0.1, -0.05) is 39.7 Å². The Morgan fingerprint density at radius 1 is 1.12 bits per heavy atom. The molecule has 0 unspecified atom stereocenters. The first kappa shape index (κ1) is 16.7. The number of pyridine rings is 1. The van der Waals surface area contributed by atoms with Gasteiger partial charge in [0.25, 0.3) is 0 Å². The van der Waals surface area contributed by atoms with Crippen molar-refractivity contribution in [3.05, 3.63) is 80.0 Å². The van der Waals surface area contributed by atoms with E-state index >= 15 is 0 Å². The highest BCUT2D eigenvalue weighted by atomic mass is 79.9. The van der Waals surface area contributed by atoms with Gasteiger partial charge < -0.3 is 9.88 Å². The number of halogens is 2. The van der Waals surface area contributed by atoms with E-state index in [2.05, 4.69) is 21.2 Å². The van der Waals surface area contributed by atoms with Gasteiger partial charge in [0, 0.05) is 33.7 Å². The number of aromatic nitrogens is 1. The quantitative estimate of drug-likeness (QED) is 0.719. The molecule has 0 aliphatic rings. The highest BCUT2D eigenvalue weighted by Gasteiger charge is 2.07. The molecule has 24 heavy (non-hydrogen) atoms. The number of carbonyl (C=O) groups is 1. The van der Waals surface area contributed by atoms with Crippen LogP contribution in [0.25, 0.3) is 10.9 Å². The number of nitrogens with one attached hydrogen (secondary N) is 1. The van der Waals surface area contributed by atoms with Gasteiger partial charge in [0.05, 0.1) is 5.52 Å². The normalized spacial score (nSPS) is 10.8. The number of benzene rings is 2. The SMILES string of the molecule is O=C(Cn1ccc(=O)c2cc(Br)ccc21)NCc1ccc(Cl)cc1. The molecule has 1 N–H and O–H groups in total. The van der Waals surface area contributed by atoms with Crippen LogP contribution in [-0.2, 0) is 17.9 Å².